The zero-order valence-electron chi connectivity index (χ0n) is 22.3. The first-order chi connectivity index (χ1) is 18.5. The van der Waals surface area contributed by atoms with Gasteiger partial charge in [0, 0.05) is 29.7 Å². The number of amides is 2. The number of piperidine rings is 1. The molecule has 0 aliphatic carbocycles. The van der Waals surface area contributed by atoms with E-state index in [4.69, 9.17) is 83.5 Å². The van der Waals surface area contributed by atoms with Crippen LogP contribution >= 0.6 is 11.6 Å². The van der Waals surface area contributed by atoms with Crippen molar-refractivity contribution in [1.82, 2.24) is 9.88 Å². The molecule has 0 saturated carbocycles. The van der Waals surface area contributed by atoms with Gasteiger partial charge in [0.1, 0.15) is 10.8 Å². The Balaban J connectivity index is 2.23. The Morgan fingerprint density at radius 3 is 2.23 bits per heavy atom. The van der Waals surface area contributed by atoms with Crippen molar-refractivity contribution in [3.8, 4) is 0 Å². The zero-order valence-corrected chi connectivity index (χ0v) is 30.4. The molecule has 1 aliphatic rings. The number of pyridine rings is 1. The van der Waals surface area contributed by atoms with E-state index in [-0.39, 0.29) is 17.2 Å². The van der Waals surface area contributed by atoms with E-state index in [9.17, 15) is 9.59 Å². The van der Waals surface area contributed by atoms with Crippen molar-refractivity contribution < 1.29 is 14.3 Å². The standard InChI is InChI=1S/C24H28ClN3O3S9/c1-13-14(2)21(40(36,37)39(34)35)19(27-22(29)16-6-9-26-17(25)12-16)18(20(13)38(32)33)15-7-10-28(11-8-15)23(30)31-24(3,4)5/h6,9,12,15H,7-8,10-11H2,1-5H3,(H,27,29)/q-2. The molecule has 1 saturated heterocycles. The summed E-state index contributed by atoms with van der Waals surface area (Å²) in [5.74, 6) is -0.490. The number of ether oxygens (including phenoxy) is 1. The third-order valence-corrected chi connectivity index (χ3v) is 21.6. The number of carbonyl (C=O) groups is 2. The Morgan fingerprint density at radius 1 is 1.12 bits per heavy atom. The average molecular weight is 731 g/mol. The van der Waals surface area contributed by atoms with Crippen LogP contribution in [0.1, 0.15) is 66.6 Å². The van der Waals surface area contributed by atoms with E-state index in [0.29, 0.717) is 42.1 Å². The average Bonchev–Trinajstić information content (AvgIpc) is 2.84. The van der Waals surface area contributed by atoms with Gasteiger partial charge in [0.15, 0.2) is 0 Å². The summed E-state index contributed by atoms with van der Waals surface area (Å²) in [4.78, 5) is 33.4. The molecular formula is C24H28ClN3O3S9-2. The first kappa shape index (κ1) is 34.3. The molecule has 1 aliphatic heterocycles. The first-order valence-electron chi connectivity index (χ1n) is 12.0. The molecule has 2 heterocycles. The molecule has 6 nitrogen and oxygen atoms in total. The van der Waals surface area contributed by atoms with E-state index in [1.165, 1.54) is 12.3 Å². The lowest BCUT2D eigenvalue weighted by atomic mass is 9.86. The van der Waals surface area contributed by atoms with E-state index in [1.807, 2.05) is 34.6 Å². The van der Waals surface area contributed by atoms with Crippen LogP contribution in [0.5, 0.6) is 0 Å². The monoisotopic (exact) mass is 729 g/mol. The van der Waals surface area contributed by atoms with Gasteiger partial charge in [0.25, 0.3) is 5.91 Å². The van der Waals surface area contributed by atoms with Gasteiger partial charge in [-0.3, -0.25) is 34.2 Å². The van der Waals surface area contributed by atoms with Crippen LogP contribution in [0.25, 0.3) is 0 Å². The number of aromatic nitrogens is 1. The van der Waals surface area contributed by atoms with Gasteiger partial charge < -0.3 is 23.0 Å². The molecule has 1 aromatic heterocycles. The second-order valence-electron chi connectivity index (χ2n) is 10.2. The summed E-state index contributed by atoms with van der Waals surface area (Å²) in [6.07, 6.45) is -0.220. The van der Waals surface area contributed by atoms with Gasteiger partial charge in [-0.05, 0) is 76.6 Å². The third kappa shape index (κ3) is 7.83. The number of carbonyl (C=O) groups excluding carboxylic acids is 2. The molecule has 0 bridgehead atoms. The van der Waals surface area contributed by atoms with Crippen LogP contribution in [-0.2, 0) is 93.1 Å². The summed E-state index contributed by atoms with van der Waals surface area (Å²) in [5.41, 5.74) is 2.71. The Kier molecular flexibility index (Phi) is 11.6. The Morgan fingerprint density at radius 2 is 1.73 bits per heavy atom. The van der Waals surface area contributed by atoms with Crippen molar-refractivity contribution in [1.29, 1.82) is 0 Å². The number of anilines is 1. The minimum Gasteiger partial charge on any atom is -0.444 e. The summed E-state index contributed by atoms with van der Waals surface area (Å²) < 4.78 is 5.58. The Hall–Kier alpha value is -0.230. The highest BCUT2D eigenvalue weighted by atomic mass is 35.5. The maximum atomic E-state index is 13.6. The third-order valence-electron chi connectivity index (χ3n) is 6.36. The van der Waals surface area contributed by atoms with Crippen molar-refractivity contribution in [2.45, 2.75) is 68.8 Å². The van der Waals surface area contributed by atoms with Crippen LogP contribution in [0.3, 0.4) is 0 Å². The molecule has 16 heteroatoms. The summed E-state index contributed by atoms with van der Waals surface area (Å²) in [7, 11) is -2.14. The highest BCUT2D eigenvalue weighted by Crippen LogP contribution is 2.44. The van der Waals surface area contributed by atoms with E-state index in [0.717, 1.165) is 21.6 Å². The van der Waals surface area contributed by atoms with Gasteiger partial charge in [-0.15, -0.1) is 11.1 Å². The first-order valence-corrected chi connectivity index (χ1v) is 22.5. The van der Waals surface area contributed by atoms with Crippen molar-refractivity contribution >= 4 is 118 Å². The van der Waals surface area contributed by atoms with Gasteiger partial charge in [0.05, 0.1) is 5.69 Å². The number of hydrogen-bond acceptors (Lipinski definition) is 12. The predicted molar refractivity (Wildman–Crippen MR) is 186 cm³/mol. The van der Waals surface area contributed by atoms with Gasteiger partial charge in [-0.2, -0.15) is 0 Å². The zero-order chi connectivity index (χ0) is 30.2. The lowest BCUT2D eigenvalue weighted by molar-refractivity contribution is 0.0204. The number of rotatable bonds is 6. The molecule has 0 atom stereocenters. The van der Waals surface area contributed by atoms with Gasteiger partial charge in [0.2, 0.25) is 0 Å². The second-order valence-corrected chi connectivity index (χ2v) is 27.1. The van der Waals surface area contributed by atoms with Gasteiger partial charge >= 0.3 is 6.09 Å². The molecule has 220 valence electrons. The molecule has 3 rings (SSSR count). The molecule has 1 N–H and O–H groups in total. The maximum Gasteiger partial charge on any atom is 0.410 e. The Labute approximate surface area is 272 Å². The number of likely N-dealkylation sites (tertiary alicyclic amines) is 1. The smallest absolute Gasteiger partial charge is 0.410 e. The van der Waals surface area contributed by atoms with Crippen LogP contribution in [0, 0.1) is 13.8 Å². The Bertz CT molecular complexity index is 1600. The number of benzene rings is 1. The molecular weight excluding hydrogens is 702 g/mol. The second kappa shape index (κ2) is 13.6. The molecule has 2 aromatic rings. The quantitative estimate of drug-likeness (QED) is 0.234. The minimum absolute atomic E-state index is 0.0822. The SMILES string of the molecule is Cc1c(C)c(S(=S)(=S)[S-](=S)=S)c(NC(=O)c2ccnc(Cl)c2)c(C2CCN(C(=O)OC(C)(C)C)CC2)c1[S-](=S)=S. The fraction of sp³-hybridized carbons (Fsp3) is 0.458. The van der Waals surface area contributed by atoms with Crippen molar-refractivity contribution in [3.05, 3.63) is 45.7 Å². The van der Waals surface area contributed by atoms with E-state index < -0.39 is 32.7 Å². The van der Waals surface area contributed by atoms with Crippen LogP contribution in [0.15, 0.2) is 28.1 Å². The summed E-state index contributed by atoms with van der Waals surface area (Å²) in [6, 6.07) is 3.05. The molecule has 0 unspecified atom stereocenters. The maximum absolute atomic E-state index is 13.6. The van der Waals surface area contributed by atoms with Crippen LogP contribution in [-0.4, -0.2) is 40.6 Å². The largest absolute Gasteiger partial charge is 0.444 e. The predicted octanol–water partition coefficient (Wildman–Crippen LogP) is 5.51. The molecule has 40 heavy (non-hydrogen) atoms. The highest BCUT2D eigenvalue weighted by molar-refractivity contribution is 9.05. The van der Waals surface area contributed by atoms with E-state index in [2.05, 4.69) is 10.3 Å². The lowest BCUT2D eigenvalue weighted by Crippen LogP contribution is -2.41. The number of nitrogens with zero attached hydrogens (tertiary/aromatic N) is 2. The van der Waals surface area contributed by atoms with E-state index >= 15 is 0 Å². The molecule has 1 fully saturated rings. The molecule has 1 aromatic carbocycles. The van der Waals surface area contributed by atoms with Crippen molar-refractivity contribution in [2.75, 3.05) is 18.4 Å². The topological polar surface area (TPSA) is 71.5 Å². The van der Waals surface area contributed by atoms with Gasteiger partial charge in [-0.25, -0.2) is 32.2 Å². The molecule has 0 radical (unpaired) electrons. The lowest BCUT2D eigenvalue weighted by Gasteiger charge is -2.38. The number of halogens is 1. The van der Waals surface area contributed by atoms with Gasteiger partial charge in [-0.1, -0.05) is 39.5 Å². The number of nitrogens with one attached hydrogen (secondary N) is 1. The summed E-state index contributed by atoms with van der Waals surface area (Å²) in [6.45, 7) is 10.3. The molecule has 2 amide bonds. The number of hydrogen-bond donors (Lipinski definition) is 1. The fourth-order valence-electron chi connectivity index (χ4n) is 4.48. The van der Waals surface area contributed by atoms with Crippen LogP contribution in [0.4, 0.5) is 10.5 Å². The normalized spacial score (nSPS) is 14.9. The van der Waals surface area contributed by atoms with E-state index in [1.54, 1.807) is 11.0 Å². The highest BCUT2D eigenvalue weighted by Gasteiger charge is 2.31. The fourth-order valence-corrected chi connectivity index (χ4v) is 11.4. The minimum atomic E-state index is -2.52. The van der Waals surface area contributed by atoms with Crippen molar-refractivity contribution in [2.24, 2.45) is 0 Å². The van der Waals surface area contributed by atoms with Crippen molar-refractivity contribution in [3.63, 3.8) is 0 Å². The van der Waals surface area contributed by atoms with Crippen LogP contribution in [0.2, 0.25) is 5.15 Å². The van der Waals surface area contributed by atoms with Crippen LogP contribution < -0.4 is 5.32 Å². The molecule has 0 spiro atoms. The summed E-state index contributed by atoms with van der Waals surface area (Å²) >= 11 is 40.3. The summed E-state index contributed by atoms with van der Waals surface area (Å²) in [5, 5.41) is 3.28.